The summed E-state index contributed by atoms with van der Waals surface area (Å²) in [4.78, 5) is 14.5. The van der Waals surface area contributed by atoms with Crippen molar-refractivity contribution in [2.45, 2.75) is 6.42 Å². The molecule has 170 valence electrons. The number of hydrogen-bond donors (Lipinski definition) is 3. The van der Waals surface area contributed by atoms with Crippen molar-refractivity contribution >= 4 is 33.3 Å². The van der Waals surface area contributed by atoms with Gasteiger partial charge < -0.3 is 25.4 Å². The molecule has 0 radical (unpaired) electrons. The third-order valence-electron chi connectivity index (χ3n) is 4.60. The monoisotopic (exact) mass is 505 g/mol. The van der Waals surface area contributed by atoms with Gasteiger partial charge in [-0.3, -0.25) is 4.68 Å². The molecular weight excluding hydrogens is 481 g/mol. The van der Waals surface area contributed by atoms with E-state index in [1.54, 1.807) is 29.1 Å². The molecular formula is C22H25BrFN5O3. The third-order valence-corrected chi connectivity index (χ3v) is 5.18. The van der Waals surface area contributed by atoms with Crippen LogP contribution < -0.4 is 15.4 Å². The number of aryl methyl sites for hydroxylation is 1. The maximum absolute atomic E-state index is 13.2. The number of benzene rings is 2. The fourth-order valence-electron chi connectivity index (χ4n) is 3.08. The first-order chi connectivity index (χ1) is 15.2. The maximum atomic E-state index is 13.2. The van der Waals surface area contributed by atoms with Crippen molar-refractivity contribution in [1.82, 2.24) is 14.7 Å². The predicted molar refractivity (Wildman–Crippen MR) is 126 cm³/mol. The number of carbonyl (C=O) groups excluding carboxylic acids is 1. The van der Waals surface area contributed by atoms with Gasteiger partial charge in [-0.25, -0.2) is 9.18 Å². The Balaban J connectivity index is 1.80. The zero-order valence-corrected chi connectivity index (χ0v) is 19.6. The molecule has 0 spiro atoms. The van der Waals surface area contributed by atoms with Gasteiger partial charge in [-0.05, 0) is 66.8 Å². The Bertz CT molecular complexity index is 1080. The summed E-state index contributed by atoms with van der Waals surface area (Å²) in [6.45, 7) is 1.45. The highest BCUT2D eigenvalue weighted by atomic mass is 79.9. The lowest BCUT2D eigenvalue weighted by Crippen LogP contribution is -2.19. The number of aromatic hydroxyl groups is 1. The van der Waals surface area contributed by atoms with E-state index in [0.717, 1.165) is 40.8 Å². The van der Waals surface area contributed by atoms with Crippen LogP contribution in [0.5, 0.6) is 11.5 Å². The molecule has 0 fully saturated rings. The minimum atomic E-state index is -0.761. The van der Waals surface area contributed by atoms with Gasteiger partial charge in [0.2, 0.25) is 0 Å². The average Bonchev–Trinajstić information content (AvgIpc) is 3.06. The Morgan fingerprint density at radius 2 is 1.91 bits per heavy atom. The Hall–Kier alpha value is -3.11. The van der Waals surface area contributed by atoms with Crippen LogP contribution in [-0.4, -0.2) is 53.1 Å². The molecule has 0 saturated carbocycles. The van der Waals surface area contributed by atoms with Crippen molar-refractivity contribution in [1.29, 1.82) is 0 Å². The number of aromatic nitrogens is 2. The average molecular weight is 506 g/mol. The second-order valence-electron chi connectivity index (χ2n) is 7.43. The van der Waals surface area contributed by atoms with Crippen LogP contribution in [0.4, 0.5) is 20.6 Å². The van der Waals surface area contributed by atoms with Crippen LogP contribution in [0.1, 0.15) is 6.42 Å². The van der Waals surface area contributed by atoms with Gasteiger partial charge in [0.1, 0.15) is 5.75 Å². The molecule has 2 aromatic carbocycles. The molecule has 0 aliphatic rings. The Kier molecular flexibility index (Phi) is 7.70. The number of anilines is 2. The predicted octanol–water partition coefficient (Wildman–Crippen LogP) is 4.67. The van der Waals surface area contributed by atoms with Gasteiger partial charge in [0.25, 0.3) is 0 Å². The topological polar surface area (TPSA) is 91.7 Å². The van der Waals surface area contributed by atoms with Gasteiger partial charge in [-0.1, -0.05) is 0 Å². The van der Waals surface area contributed by atoms with Gasteiger partial charge in [0.15, 0.2) is 11.6 Å². The summed E-state index contributed by atoms with van der Waals surface area (Å²) in [6, 6.07) is 8.36. The second-order valence-corrected chi connectivity index (χ2v) is 8.28. The van der Waals surface area contributed by atoms with Crippen molar-refractivity contribution in [3.63, 3.8) is 0 Å². The Morgan fingerprint density at radius 3 is 2.53 bits per heavy atom. The highest BCUT2D eigenvalue weighted by Crippen LogP contribution is 2.36. The summed E-state index contributed by atoms with van der Waals surface area (Å²) in [6.07, 6.45) is 2.56. The smallest absolute Gasteiger partial charge is 0.323 e. The Labute approximate surface area is 194 Å². The van der Waals surface area contributed by atoms with Gasteiger partial charge in [0, 0.05) is 36.6 Å². The zero-order chi connectivity index (χ0) is 23.3. The van der Waals surface area contributed by atoms with E-state index in [9.17, 15) is 14.3 Å². The number of phenolic OH excluding ortho intramolecular Hbond substituents is 1. The quantitative estimate of drug-likeness (QED) is 0.387. The van der Waals surface area contributed by atoms with Crippen molar-refractivity contribution < 1.29 is 19.0 Å². The maximum Gasteiger partial charge on any atom is 0.323 e. The number of phenols is 1. The lowest BCUT2D eigenvalue weighted by molar-refractivity contribution is 0.262. The number of nitrogens with one attached hydrogen (secondary N) is 2. The lowest BCUT2D eigenvalue weighted by Gasteiger charge is -2.16. The molecule has 3 aromatic rings. The second kappa shape index (κ2) is 10.5. The molecule has 0 atom stereocenters. The van der Waals surface area contributed by atoms with E-state index in [4.69, 9.17) is 4.74 Å². The van der Waals surface area contributed by atoms with E-state index in [-0.39, 0.29) is 5.69 Å². The van der Waals surface area contributed by atoms with Crippen molar-refractivity contribution in [3.8, 4) is 22.8 Å². The number of hydrogen-bond acceptors (Lipinski definition) is 5. The van der Waals surface area contributed by atoms with Crippen LogP contribution in [0.2, 0.25) is 0 Å². The van der Waals surface area contributed by atoms with E-state index in [0.29, 0.717) is 18.0 Å². The molecule has 3 rings (SSSR count). The fraction of sp³-hybridized carbons (Fsp3) is 0.273. The molecule has 0 unspecified atom stereocenters. The standard InChI is InChI=1S/C22H25BrFN5O3/c1-28(2)9-4-10-32-20-8-6-14(11-16(20)21-17(23)13-25-29(21)3)26-22(31)27-15-5-7-18(24)19(30)12-15/h5-8,11-13,30H,4,9-10H2,1-3H3,(H2,26,27,31). The van der Waals surface area contributed by atoms with Gasteiger partial charge >= 0.3 is 6.03 Å². The molecule has 0 saturated heterocycles. The number of nitrogens with zero attached hydrogens (tertiary/aromatic N) is 3. The van der Waals surface area contributed by atoms with E-state index in [1.165, 1.54) is 6.07 Å². The first-order valence-electron chi connectivity index (χ1n) is 9.90. The third kappa shape index (κ3) is 5.98. The summed E-state index contributed by atoms with van der Waals surface area (Å²) >= 11 is 3.52. The van der Waals surface area contributed by atoms with Gasteiger partial charge in [-0.2, -0.15) is 5.10 Å². The SMILES string of the molecule is CN(C)CCCOc1ccc(NC(=O)Nc2ccc(F)c(O)c2)cc1-c1c(Br)cnn1C. The largest absolute Gasteiger partial charge is 0.505 e. The van der Waals surface area contributed by atoms with Crippen molar-refractivity contribution in [3.05, 3.63) is 52.9 Å². The molecule has 0 bridgehead atoms. The lowest BCUT2D eigenvalue weighted by atomic mass is 10.1. The highest BCUT2D eigenvalue weighted by Gasteiger charge is 2.16. The first-order valence-corrected chi connectivity index (χ1v) is 10.7. The number of halogens is 2. The number of amides is 2. The zero-order valence-electron chi connectivity index (χ0n) is 18.0. The van der Waals surface area contributed by atoms with Crippen molar-refractivity contribution in [2.75, 3.05) is 37.9 Å². The normalized spacial score (nSPS) is 10.9. The van der Waals surface area contributed by atoms with E-state index >= 15 is 0 Å². The minimum Gasteiger partial charge on any atom is -0.505 e. The number of rotatable bonds is 8. The summed E-state index contributed by atoms with van der Waals surface area (Å²) in [7, 11) is 5.84. The van der Waals surface area contributed by atoms with Crippen LogP contribution in [0.3, 0.4) is 0 Å². The van der Waals surface area contributed by atoms with Gasteiger partial charge in [-0.15, -0.1) is 0 Å². The molecule has 2 amide bonds. The number of ether oxygens (including phenoxy) is 1. The molecule has 1 aromatic heterocycles. The summed E-state index contributed by atoms with van der Waals surface area (Å²) < 4.78 is 21.7. The van der Waals surface area contributed by atoms with Crippen LogP contribution >= 0.6 is 15.9 Å². The fourth-order valence-corrected chi connectivity index (χ4v) is 3.64. The molecule has 10 heteroatoms. The van der Waals surface area contributed by atoms with E-state index in [1.807, 2.05) is 21.1 Å². The molecule has 1 heterocycles. The highest BCUT2D eigenvalue weighted by molar-refractivity contribution is 9.10. The minimum absolute atomic E-state index is 0.261. The van der Waals surface area contributed by atoms with Crippen LogP contribution in [-0.2, 0) is 7.05 Å². The van der Waals surface area contributed by atoms with Crippen LogP contribution in [0.25, 0.3) is 11.3 Å². The summed E-state index contributed by atoms with van der Waals surface area (Å²) in [5, 5.41) is 19.0. The number of urea groups is 1. The molecule has 8 nitrogen and oxygen atoms in total. The van der Waals surface area contributed by atoms with Crippen LogP contribution in [0.15, 0.2) is 47.1 Å². The van der Waals surface area contributed by atoms with E-state index in [2.05, 4.69) is 36.6 Å². The molecule has 0 aliphatic heterocycles. The molecule has 3 N–H and O–H groups in total. The van der Waals surface area contributed by atoms with Gasteiger partial charge in [0.05, 0.1) is 23.0 Å². The summed E-state index contributed by atoms with van der Waals surface area (Å²) in [5.41, 5.74) is 2.36. The van der Waals surface area contributed by atoms with Crippen LogP contribution in [0, 0.1) is 5.82 Å². The summed E-state index contributed by atoms with van der Waals surface area (Å²) in [5.74, 6) is -0.632. The first kappa shape index (κ1) is 23.6. The number of carbonyl (C=O) groups is 1. The Morgan fingerprint density at radius 1 is 1.22 bits per heavy atom. The van der Waals surface area contributed by atoms with E-state index < -0.39 is 17.6 Å². The van der Waals surface area contributed by atoms with Crippen molar-refractivity contribution in [2.24, 2.45) is 7.05 Å². The molecule has 32 heavy (non-hydrogen) atoms. The molecule has 0 aliphatic carbocycles.